The number of sulfone groups is 1. The summed E-state index contributed by atoms with van der Waals surface area (Å²) in [5, 5.41) is 15.2. The fraction of sp³-hybridized carbons (Fsp3) is 0.227. The molecule has 0 aliphatic carbocycles. The number of aromatic nitrogens is 2. The average Bonchev–Trinajstić information content (AvgIpc) is 3.26. The molecule has 12 heteroatoms. The molecule has 11 nitrogen and oxygen atoms in total. The predicted octanol–water partition coefficient (Wildman–Crippen LogP) is 3.62. The van der Waals surface area contributed by atoms with Crippen LogP contribution < -0.4 is 14.8 Å². The first-order valence-corrected chi connectivity index (χ1v) is 11.9. The zero-order valence-corrected chi connectivity index (χ0v) is 19.4. The maximum atomic E-state index is 12.8. The minimum Gasteiger partial charge on any atom is -0.465 e. The van der Waals surface area contributed by atoms with E-state index in [4.69, 9.17) is 19.3 Å². The number of carboxylic acid groups (broad SMARTS) is 1. The molecule has 3 rings (SSSR count). The van der Waals surface area contributed by atoms with Crippen molar-refractivity contribution < 1.29 is 37.3 Å². The van der Waals surface area contributed by atoms with Crippen molar-refractivity contribution in [2.24, 2.45) is 0 Å². The van der Waals surface area contributed by atoms with Gasteiger partial charge in [-0.2, -0.15) is 4.68 Å². The number of methoxy groups -OCH3 is 1. The lowest BCUT2D eigenvalue weighted by molar-refractivity contribution is -0.0549. The van der Waals surface area contributed by atoms with Crippen LogP contribution in [0.1, 0.15) is 23.7 Å². The standard InChI is InChI=1S/C22H23N3O8S/c1-4-20(31-2)33-17-12-14(21(26)23-19-9-10-25(24-19)22(27)28)11-16(13-17)32-15-5-7-18(8-6-15)34(3,29)30/h5-13,20H,4H2,1-3H3,(H,27,28)(H,23,24,26). The van der Waals surface area contributed by atoms with E-state index in [1.165, 1.54) is 55.8 Å². The first-order valence-electron chi connectivity index (χ1n) is 10.0. The molecule has 1 amide bonds. The number of hydrogen-bond donors (Lipinski definition) is 2. The van der Waals surface area contributed by atoms with Gasteiger partial charge in [0.05, 0.1) is 4.90 Å². The molecule has 0 saturated heterocycles. The zero-order chi connectivity index (χ0) is 24.9. The fourth-order valence-corrected chi connectivity index (χ4v) is 3.49. The third-order valence-corrected chi connectivity index (χ3v) is 5.65. The van der Waals surface area contributed by atoms with Crippen LogP contribution in [0.25, 0.3) is 0 Å². The molecule has 1 aromatic heterocycles. The van der Waals surface area contributed by atoms with Crippen molar-refractivity contribution in [2.75, 3.05) is 18.7 Å². The second-order valence-electron chi connectivity index (χ2n) is 7.11. The molecule has 0 bridgehead atoms. The SMILES string of the molecule is CCC(OC)Oc1cc(Oc2ccc(S(C)(=O)=O)cc2)cc(C(=O)Nc2ccn(C(=O)O)n2)c1. The van der Waals surface area contributed by atoms with Crippen LogP contribution in [0.5, 0.6) is 17.2 Å². The number of carbonyl (C=O) groups excluding carboxylic acids is 1. The Balaban J connectivity index is 1.89. The summed E-state index contributed by atoms with van der Waals surface area (Å²) in [5.41, 5.74) is 0.149. The van der Waals surface area contributed by atoms with E-state index >= 15 is 0 Å². The lowest BCUT2D eigenvalue weighted by Crippen LogP contribution is -2.18. The minimum atomic E-state index is -3.36. The van der Waals surface area contributed by atoms with Gasteiger partial charge in [0.2, 0.25) is 0 Å². The van der Waals surface area contributed by atoms with Crippen molar-refractivity contribution in [2.45, 2.75) is 24.5 Å². The zero-order valence-electron chi connectivity index (χ0n) is 18.6. The molecule has 2 N–H and O–H groups in total. The first kappa shape index (κ1) is 24.7. The van der Waals surface area contributed by atoms with Gasteiger partial charge in [0.15, 0.2) is 21.9 Å². The number of benzene rings is 2. The van der Waals surface area contributed by atoms with Gasteiger partial charge in [-0.25, -0.2) is 13.2 Å². The molecule has 1 unspecified atom stereocenters. The van der Waals surface area contributed by atoms with Gasteiger partial charge in [-0.3, -0.25) is 4.79 Å². The number of ether oxygens (including phenoxy) is 3. The van der Waals surface area contributed by atoms with Crippen molar-refractivity contribution in [1.82, 2.24) is 9.78 Å². The van der Waals surface area contributed by atoms with Crippen molar-refractivity contribution in [3.63, 3.8) is 0 Å². The predicted molar refractivity (Wildman–Crippen MR) is 121 cm³/mol. The summed E-state index contributed by atoms with van der Waals surface area (Å²) in [6.45, 7) is 1.87. The van der Waals surface area contributed by atoms with Gasteiger partial charge in [-0.05, 0) is 36.4 Å². The summed E-state index contributed by atoms with van der Waals surface area (Å²) in [6, 6.07) is 11.6. The number of nitrogens with zero attached hydrogens (tertiary/aromatic N) is 2. The molecule has 3 aromatic rings. The van der Waals surface area contributed by atoms with Crippen LogP contribution in [0.3, 0.4) is 0 Å². The van der Waals surface area contributed by atoms with Crippen molar-refractivity contribution >= 4 is 27.7 Å². The van der Waals surface area contributed by atoms with Gasteiger partial charge in [0, 0.05) is 43.7 Å². The lowest BCUT2D eigenvalue weighted by Gasteiger charge is -2.17. The Morgan fingerprint density at radius 1 is 1.09 bits per heavy atom. The molecule has 0 aliphatic heterocycles. The average molecular weight is 490 g/mol. The summed E-state index contributed by atoms with van der Waals surface area (Å²) in [6.07, 6.45) is 0.984. The number of anilines is 1. The Bertz CT molecular complexity index is 1280. The highest BCUT2D eigenvalue weighted by Crippen LogP contribution is 2.29. The molecular weight excluding hydrogens is 466 g/mol. The van der Waals surface area contributed by atoms with Crippen molar-refractivity contribution in [1.29, 1.82) is 0 Å². The van der Waals surface area contributed by atoms with E-state index in [2.05, 4.69) is 10.4 Å². The largest absolute Gasteiger partial charge is 0.465 e. The molecule has 0 saturated carbocycles. The molecule has 1 atom stereocenters. The van der Waals surface area contributed by atoms with E-state index < -0.39 is 28.1 Å². The van der Waals surface area contributed by atoms with Crippen LogP contribution >= 0.6 is 0 Å². The second kappa shape index (κ2) is 10.4. The smallest absolute Gasteiger partial charge is 0.432 e. The Labute approximate surface area is 195 Å². The molecule has 0 radical (unpaired) electrons. The molecule has 0 spiro atoms. The van der Waals surface area contributed by atoms with Gasteiger partial charge in [0.1, 0.15) is 17.2 Å². The van der Waals surface area contributed by atoms with Gasteiger partial charge < -0.3 is 24.6 Å². The highest BCUT2D eigenvalue weighted by atomic mass is 32.2. The maximum Gasteiger partial charge on any atom is 0.432 e. The topological polar surface area (TPSA) is 146 Å². The van der Waals surface area contributed by atoms with E-state index in [0.717, 1.165) is 6.26 Å². The van der Waals surface area contributed by atoms with Gasteiger partial charge in [-0.15, -0.1) is 5.10 Å². The lowest BCUT2D eigenvalue weighted by atomic mass is 10.2. The van der Waals surface area contributed by atoms with E-state index in [-0.39, 0.29) is 22.0 Å². The Hall–Kier alpha value is -3.90. The molecule has 34 heavy (non-hydrogen) atoms. The number of hydrogen-bond acceptors (Lipinski definition) is 8. The number of rotatable bonds is 9. The first-order chi connectivity index (χ1) is 16.1. The molecular formula is C22H23N3O8S. The summed E-state index contributed by atoms with van der Waals surface area (Å²) in [4.78, 5) is 23.9. The van der Waals surface area contributed by atoms with Crippen LogP contribution in [0, 0.1) is 0 Å². The third kappa shape index (κ3) is 6.33. The van der Waals surface area contributed by atoms with Crippen LogP contribution in [-0.4, -0.2) is 55.0 Å². The Morgan fingerprint density at radius 2 is 1.76 bits per heavy atom. The van der Waals surface area contributed by atoms with E-state index in [1.54, 1.807) is 6.07 Å². The monoisotopic (exact) mass is 489 g/mol. The highest BCUT2D eigenvalue weighted by Gasteiger charge is 2.16. The molecule has 2 aromatic carbocycles. The second-order valence-corrected chi connectivity index (χ2v) is 9.13. The molecule has 1 heterocycles. The Kier molecular flexibility index (Phi) is 7.54. The van der Waals surface area contributed by atoms with Crippen molar-refractivity contribution in [3.05, 3.63) is 60.3 Å². The molecule has 0 fully saturated rings. The normalized spacial score (nSPS) is 12.1. The summed E-state index contributed by atoms with van der Waals surface area (Å²) in [5.74, 6) is 0.344. The summed E-state index contributed by atoms with van der Waals surface area (Å²) >= 11 is 0. The maximum absolute atomic E-state index is 12.8. The highest BCUT2D eigenvalue weighted by molar-refractivity contribution is 7.90. The van der Waals surface area contributed by atoms with E-state index in [1.807, 2.05) is 6.92 Å². The van der Waals surface area contributed by atoms with E-state index in [0.29, 0.717) is 22.6 Å². The number of carbonyl (C=O) groups is 2. The summed E-state index contributed by atoms with van der Waals surface area (Å²) in [7, 11) is -1.87. The quantitative estimate of drug-likeness (QED) is 0.430. The van der Waals surface area contributed by atoms with Crippen LogP contribution in [0.15, 0.2) is 59.6 Å². The van der Waals surface area contributed by atoms with Crippen LogP contribution in [0.4, 0.5) is 10.6 Å². The van der Waals surface area contributed by atoms with Gasteiger partial charge in [0.25, 0.3) is 5.91 Å². The third-order valence-electron chi connectivity index (χ3n) is 4.52. The summed E-state index contributed by atoms with van der Waals surface area (Å²) < 4.78 is 40.8. The van der Waals surface area contributed by atoms with Crippen molar-refractivity contribution in [3.8, 4) is 17.2 Å². The van der Waals surface area contributed by atoms with Crippen LogP contribution in [-0.2, 0) is 14.6 Å². The molecule has 180 valence electrons. The number of nitrogens with one attached hydrogen (secondary N) is 1. The van der Waals surface area contributed by atoms with E-state index in [9.17, 15) is 18.0 Å². The number of amides is 1. The molecule has 0 aliphatic rings. The van der Waals surface area contributed by atoms with Crippen LogP contribution in [0.2, 0.25) is 0 Å². The van der Waals surface area contributed by atoms with Gasteiger partial charge in [-0.1, -0.05) is 6.92 Å². The van der Waals surface area contributed by atoms with Gasteiger partial charge >= 0.3 is 6.09 Å². The Morgan fingerprint density at radius 3 is 2.32 bits per heavy atom. The fourth-order valence-electron chi connectivity index (χ4n) is 2.86. The minimum absolute atomic E-state index is 0.0425.